The molecule has 2 amide bonds. The van der Waals surface area contributed by atoms with E-state index in [1.807, 2.05) is 12.1 Å². The van der Waals surface area contributed by atoms with Crippen LogP contribution in [0.2, 0.25) is 5.02 Å². The molecule has 3 heterocycles. The Morgan fingerprint density at radius 3 is 2.69 bits per heavy atom. The maximum absolute atomic E-state index is 12.8. The molecule has 7 nitrogen and oxygen atoms in total. The topological polar surface area (TPSA) is 80.4 Å². The van der Waals surface area contributed by atoms with Crippen molar-refractivity contribution in [2.75, 3.05) is 13.1 Å². The zero-order valence-electron chi connectivity index (χ0n) is 16.0. The number of aryl methyl sites for hydroxylation is 1. The van der Waals surface area contributed by atoms with Gasteiger partial charge in [-0.15, -0.1) is 0 Å². The molecule has 0 atom stereocenters. The second-order valence-corrected chi connectivity index (χ2v) is 7.54. The zero-order valence-corrected chi connectivity index (χ0v) is 16.7. The van der Waals surface area contributed by atoms with E-state index >= 15 is 0 Å². The Labute approximate surface area is 173 Å². The average Bonchev–Trinajstić information content (AvgIpc) is 3.37. The van der Waals surface area contributed by atoms with Crippen LogP contribution < -0.4 is 5.32 Å². The highest BCUT2D eigenvalue weighted by Crippen LogP contribution is 2.18. The summed E-state index contributed by atoms with van der Waals surface area (Å²) >= 11 is 6.02. The SMILES string of the molecule is Cc1ccc(C(=O)NC2CCN(C(=O)c3cnn(-c4cccc(Cl)c4)c3)CC2)o1. The number of hydrogen-bond donors (Lipinski definition) is 1. The third kappa shape index (κ3) is 4.35. The minimum Gasteiger partial charge on any atom is -0.456 e. The Morgan fingerprint density at radius 1 is 1.21 bits per heavy atom. The van der Waals surface area contributed by atoms with E-state index in [4.69, 9.17) is 16.0 Å². The number of likely N-dealkylation sites (tertiary alicyclic amines) is 1. The zero-order chi connectivity index (χ0) is 20.4. The fourth-order valence-electron chi connectivity index (χ4n) is 3.42. The molecule has 1 aliphatic heterocycles. The number of benzene rings is 1. The molecular weight excluding hydrogens is 392 g/mol. The van der Waals surface area contributed by atoms with E-state index in [0.717, 1.165) is 5.69 Å². The van der Waals surface area contributed by atoms with Crippen molar-refractivity contribution >= 4 is 23.4 Å². The Morgan fingerprint density at radius 2 is 2.00 bits per heavy atom. The van der Waals surface area contributed by atoms with Crippen LogP contribution in [0.25, 0.3) is 5.69 Å². The third-order valence-corrected chi connectivity index (χ3v) is 5.22. The van der Waals surface area contributed by atoms with E-state index in [9.17, 15) is 9.59 Å². The van der Waals surface area contributed by atoms with Crippen LogP contribution in [0.15, 0.2) is 53.2 Å². The first-order chi connectivity index (χ1) is 14.0. The number of nitrogens with zero attached hydrogens (tertiary/aromatic N) is 3. The minimum absolute atomic E-state index is 0.0196. The van der Waals surface area contributed by atoms with Crippen molar-refractivity contribution in [2.24, 2.45) is 0 Å². The molecule has 0 bridgehead atoms. The summed E-state index contributed by atoms with van der Waals surface area (Å²) in [7, 11) is 0. The molecule has 2 aromatic heterocycles. The number of carbonyl (C=O) groups is 2. The standard InChI is InChI=1S/C21H21ClN4O3/c1-14-5-6-19(29-14)20(27)24-17-7-9-25(10-8-17)21(28)15-12-23-26(13-15)18-4-2-3-16(22)11-18/h2-6,11-13,17H,7-10H2,1H3,(H,24,27). The van der Waals surface area contributed by atoms with Gasteiger partial charge in [0, 0.05) is 30.4 Å². The number of nitrogens with one attached hydrogen (secondary N) is 1. The van der Waals surface area contributed by atoms with Crippen LogP contribution >= 0.6 is 11.6 Å². The lowest BCUT2D eigenvalue weighted by Crippen LogP contribution is -2.46. The first kappa shape index (κ1) is 19.3. The molecule has 3 aromatic rings. The number of amides is 2. The fourth-order valence-corrected chi connectivity index (χ4v) is 3.60. The summed E-state index contributed by atoms with van der Waals surface area (Å²) < 4.78 is 6.99. The molecule has 1 aliphatic rings. The summed E-state index contributed by atoms with van der Waals surface area (Å²) in [4.78, 5) is 26.8. The van der Waals surface area contributed by atoms with Crippen molar-refractivity contribution in [2.45, 2.75) is 25.8 Å². The highest BCUT2D eigenvalue weighted by atomic mass is 35.5. The predicted molar refractivity (Wildman–Crippen MR) is 108 cm³/mol. The maximum Gasteiger partial charge on any atom is 0.287 e. The first-order valence-corrected chi connectivity index (χ1v) is 9.84. The molecule has 8 heteroatoms. The molecule has 1 saturated heterocycles. The lowest BCUT2D eigenvalue weighted by Gasteiger charge is -2.32. The average molecular weight is 413 g/mol. The van der Waals surface area contributed by atoms with Gasteiger partial charge in [-0.2, -0.15) is 5.10 Å². The van der Waals surface area contributed by atoms with Gasteiger partial charge in [0.25, 0.3) is 11.8 Å². The van der Waals surface area contributed by atoms with Gasteiger partial charge in [-0.3, -0.25) is 9.59 Å². The van der Waals surface area contributed by atoms with Crippen molar-refractivity contribution < 1.29 is 14.0 Å². The smallest absolute Gasteiger partial charge is 0.287 e. The van der Waals surface area contributed by atoms with Gasteiger partial charge in [-0.1, -0.05) is 17.7 Å². The Bertz CT molecular complexity index is 1030. The van der Waals surface area contributed by atoms with Crippen molar-refractivity contribution in [1.82, 2.24) is 20.0 Å². The van der Waals surface area contributed by atoms with E-state index in [-0.39, 0.29) is 17.9 Å². The van der Waals surface area contributed by atoms with E-state index in [1.54, 1.807) is 53.2 Å². The lowest BCUT2D eigenvalue weighted by molar-refractivity contribution is 0.0695. The van der Waals surface area contributed by atoms with Crippen LogP contribution in [0.4, 0.5) is 0 Å². The van der Waals surface area contributed by atoms with Crippen molar-refractivity contribution in [1.29, 1.82) is 0 Å². The van der Waals surface area contributed by atoms with Gasteiger partial charge in [0.15, 0.2) is 5.76 Å². The summed E-state index contributed by atoms with van der Waals surface area (Å²) in [6.07, 6.45) is 4.66. The summed E-state index contributed by atoms with van der Waals surface area (Å²) in [5.74, 6) is 0.735. The number of aromatic nitrogens is 2. The molecule has 0 unspecified atom stereocenters. The normalized spacial score (nSPS) is 14.8. The maximum atomic E-state index is 12.8. The third-order valence-electron chi connectivity index (χ3n) is 4.98. The van der Waals surface area contributed by atoms with Gasteiger partial charge in [-0.05, 0) is 50.1 Å². The number of furan rings is 1. The number of carbonyl (C=O) groups excluding carboxylic acids is 2. The highest BCUT2D eigenvalue weighted by Gasteiger charge is 2.26. The molecule has 1 aromatic carbocycles. The van der Waals surface area contributed by atoms with Crippen LogP contribution in [0, 0.1) is 6.92 Å². The number of rotatable bonds is 4. The Balaban J connectivity index is 1.34. The summed E-state index contributed by atoms with van der Waals surface area (Å²) in [5.41, 5.74) is 1.32. The van der Waals surface area contributed by atoms with Crippen LogP contribution in [-0.4, -0.2) is 45.6 Å². The molecule has 0 radical (unpaired) electrons. The van der Waals surface area contributed by atoms with E-state index in [2.05, 4.69) is 10.4 Å². The second-order valence-electron chi connectivity index (χ2n) is 7.10. The highest BCUT2D eigenvalue weighted by molar-refractivity contribution is 6.30. The van der Waals surface area contributed by atoms with Crippen molar-refractivity contribution in [3.05, 3.63) is 70.9 Å². The van der Waals surface area contributed by atoms with Crippen LogP contribution in [0.1, 0.15) is 39.5 Å². The molecule has 0 spiro atoms. The predicted octanol–water partition coefficient (Wildman–Crippen LogP) is 3.46. The molecule has 150 valence electrons. The lowest BCUT2D eigenvalue weighted by atomic mass is 10.0. The quantitative estimate of drug-likeness (QED) is 0.711. The molecule has 29 heavy (non-hydrogen) atoms. The van der Waals surface area contributed by atoms with E-state index in [1.165, 1.54) is 0 Å². The van der Waals surface area contributed by atoms with Gasteiger partial charge in [0.05, 0.1) is 17.4 Å². The fraction of sp³-hybridized carbons (Fsp3) is 0.286. The van der Waals surface area contributed by atoms with Gasteiger partial charge < -0.3 is 14.6 Å². The van der Waals surface area contributed by atoms with Gasteiger partial charge in [-0.25, -0.2) is 4.68 Å². The monoisotopic (exact) mass is 412 g/mol. The van der Waals surface area contributed by atoms with Crippen LogP contribution in [0.5, 0.6) is 0 Å². The van der Waals surface area contributed by atoms with Crippen molar-refractivity contribution in [3.63, 3.8) is 0 Å². The Kier molecular flexibility index (Phi) is 5.40. The molecule has 1 fully saturated rings. The van der Waals surface area contributed by atoms with Gasteiger partial charge in [0.1, 0.15) is 5.76 Å². The number of hydrogen-bond acceptors (Lipinski definition) is 4. The largest absolute Gasteiger partial charge is 0.456 e. The molecule has 1 N–H and O–H groups in total. The summed E-state index contributed by atoms with van der Waals surface area (Å²) in [5, 5.41) is 7.87. The van der Waals surface area contributed by atoms with E-state index < -0.39 is 0 Å². The van der Waals surface area contributed by atoms with Gasteiger partial charge in [0.2, 0.25) is 0 Å². The molecular formula is C21H21ClN4O3. The minimum atomic E-state index is -0.217. The molecule has 0 saturated carbocycles. The first-order valence-electron chi connectivity index (χ1n) is 9.47. The summed E-state index contributed by atoms with van der Waals surface area (Å²) in [6, 6.07) is 10.7. The second kappa shape index (κ2) is 8.13. The van der Waals surface area contributed by atoms with Crippen LogP contribution in [0.3, 0.4) is 0 Å². The van der Waals surface area contributed by atoms with Crippen molar-refractivity contribution in [3.8, 4) is 5.69 Å². The number of halogens is 1. The van der Waals surface area contributed by atoms with E-state index in [0.29, 0.717) is 48.0 Å². The molecule has 4 rings (SSSR count). The van der Waals surface area contributed by atoms with Crippen LogP contribution in [-0.2, 0) is 0 Å². The Hall–Kier alpha value is -3.06. The number of piperidine rings is 1. The summed E-state index contributed by atoms with van der Waals surface area (Å²) in [6.45, 7) is 2.95. The van der Waals surface area contributed by atoms with Gasteiger partial charge >= 0.3 is 0 Å². The molecule has 0 aliphatic carbocycles.